The van der Waals surface area contributed by atoms with E-state index in [1.807, 2.05) is 0 Å². The first-order chi connectivity index (χ1) is 13.2. The maximum atomic E-state index is 12.3. The van der Waals surface area contributed by atoms with Gasteiger partial charge < -0.3 is 20.1 Å². The van der Waals surface area contributed by atoms with Crippen molar-refractivity contribution in [1.82, 2.24) is 9.62 Å². The lowest BCUT2D eigenvalue weighted by atomic mass is 9.96. The molecular weight excluding hydrogens is 410 g/mol. The molecule has 28 heavy (non-hydrogen) atoms. The van der Waals surface area contributed by atoms with Gasteiger partial charge in [-0.25, -0.2) is 13.1 Å². The molecule has 0 aliphatic carbocycles. The number of hydrogen-bond acceptors (Lipinski definition) is 6. The second kappa shape index (κ2) is 10.1. The van der Waals surface area contributed by atoms with Crippen molar-refractivity contribution in [1.29, 1.82) is 0 Å². The van der Waals surface area contributed by atoms with Crippen LogP contribution in [-0.2, 0) is 24.3 Å². The Labute approximate surface area is 169 Å². The zero-order valence-corrected chi connectivity index (χ0v) is 17.1. The zero-order chi connectivity index (χ0) is 20.7. The molecule has 1 aromatic rings. The normalized spacial score (nSPS) is 15.4. The van der Waals surface area contributed by atoms with Crippen molar-refractivity contribution in [3.8, 4) is 5.75 Å². The van der Waals surface area contributed by atoms with E-state index in [1.54, 1.807) is 4.90 Å². The summed E-state index contributed by atoms with van der Waals surface area (Å²) in [5.74, 6) is -0.580. The summed E-state index contributed by atoms with van der Waals surface area (Å²) >= 11 is 6.10. The minimum atomic E-state index is -3.72. The second-order valence-electron chi connectivity index (χ2n) is 6.33. The number of nitrogens with two attached hydrogens (primary N) is 1. The summed E-state index contributed by atoms with van der Waals surface area (Å²) in [5, 5.41) is 0.0786. The number of sulfonamides is 1. The van der Waals surface area contributed by atoms with E-state index in [2.05, 4.69) is 4.72 Å². The average molecular weight is 434 g/mol. The highest BCUT2D eigenvalue weighted by molar-refractivity contribution is 7.89. The van der Waals surface area contributed by atoms with Gasteiger partial charge in [0, 0.05) is 32.7 Å². The van der Waals surface area contributed by atoms with Gasteiger partial charge in [-0.05, 0) is 31.0 Å². The SMILES string of the molecule is COCCNS(=O)(=O)c1ccc(OCC(=O)N2CCC(C(N)=O)CC2)c(Cl)c1. The van der Waals surface area contributed by atoms with Crippen LogP contribution in [0.3, 0.4) is 0 Å². The van der Waals surface area contributed by atoms with Crippen LogP contribution in [0, 0.1) is 5.92 Å². The molecule has 0 aromatic heterocycles. The van der Waals surface area contributed by atoms with Gasteiger partial charge in [0.15, 0.2) is 6.61 Å². The van der Waals surface area contributed by atoms with E-state index in [-0.39, 0.29) is 53.2 Å². The van der Waals surface area contributed by atoms with Crippen LogP contribution < -0.4 is 15.2 Å². The average Bonchev–Trinajstić information content (AvgIpc) is 2.67. The quantitative estimate of drug-likeness (QED) is 0.541. The maximum absolute atomic E-state index is 12.3. The van der Waals surface area contributed by atoms with Gasteiger partial charge >= 0.3 is 0 Å². The lowest BCUT2D eigenvalue weighted by Gasteiger charge is -2.30. The van der Waals surface area contributed by atoms with Gasteiger partial charge in [0.25, 0.3) is 5.91 Å². The number of ether oxygens (including phenoxy) is 2. The van der Waals surface area contributed by atoms with Crippen LogP contribution >= 0.6 is 11.6 Å². The monoisotopic (exact) mass is 433 g/mol. The largest absolute Gasteiger partial charge is 0.482 e. The molecule has 3 N–H and O–H groups in total. The van der Waals surface area contributed by atoms with Crippen LogP contribution in [0.25, 0.3) is 0 Å². The van der Waals surface area contributed by atoms with Gasteiger partial charge in [-0.3, -0.25) is 9.59 Å². The standard InChI is InChI=1S/C17H24ClN3O6S/c1-26-9-6-20-28(24,25)13-2-3-15(14(18)10-13)27-11-16(22)21-7-4-12(5-8-21)17(19)23/h2-3,10,12,20H,4-9,11H2,1H3,(H2,19,23). The molecule has 0 spiro atoms. The van der Waals surface area contributed by atoms with Crippen molar-refractivity contribution in [3.05, 3.63) is 23.2 Å². The summed E-state index contributed by atoms with van der Waals surface area (Å²) in [6, 6.07) is 4.01. The lowest BCUT2D eigenvalue weighted by molar-refractivity contribution is -0.136. The summed E-state index contributed by atoms with van der Waals surface area (Å²) in [7, 11) is -2.24. The van der Waals surface area contributed by atoms with Crippen molar-refractivity contribution >= 4 is 33.4 Å². The van der Waals surface area contributed by atoms with E-state index in [1.165, 1.54) is 25.3 Å². The number of nitrogens with zero attached hydrogens (tertiary/aromatic N) is 1. The van der Waals surface area contributed by atoms with Crippen LogP contribution in [0.2, 0.25) is 5.02 Å². The molecule has 1 heterocycles. The molecule has 11 heteroatoms. The Hall–Kier alpha value is -1.88. The van der Waals surface area contributed by atoms with Crippen molar-refractivity contribution in [3.63, 3.8) is 0 Å². The third kappa shape index (κ3) is 6.06. The minimum absolute atomic E-state index is 0.0131. The fourth-order valence-electron chi connectivity index (χ4n) is 2.77. The summed E-state index contributed by atoms with van der Waals surface area (Å²) < 4.78 is 36.9. The number of likely N-dealkylation sites (tertiary alicyclic amines) is 1. The Morgan fingerprint density at radius 2 is 2.00 bits per heavy atom. The Morgan fingerprint density at radius 3 is 2.57 bits per heavy atom. The highest BCUT2D eigenvalue weighted by Crippen LogP contribution is 2.27. The van der Waals surface area contributed by atoms with E-state index < -0.39 is 10.0 Å². The van der Waals surface area contributed by atoms with Gasteiger partial charge in [-0.2, -0.15) is 0 Å². The number of primary amides is 1. The summed E-state index contributed by atoms with van der Waals surface area (Å²) in [6.07, 6.45) is 1.06. The molecule has 2 amide bonds. The van der Waals surface area contributed by atoms with E-state index in [0.29, 0.717) is 25.9 Å². The molecule has 1 aliphatic heterocycles. The molecule has 0 atom stereocenters. The molecule has 1 saturated heterocycles. The highest BCUT2D eigenvalue weighted by Gasteiger charge is 2.26. The van der Waals surface area contributed by atoms with Gasteiger partial charge in [0.1, 0.15) is 5.75 Å². The number of halogens is 1. The Balaban J connectivity index is 1.91. The summed E-state index contributed by atoms with van der Waals surface area (Å²) in [5.41, 5.74) is 5.28. The highest BCUT2D eigenvalue weighted by atomic mass is 35.5. The van der Waals surface area contributed by atoms with Crippen molar-refractivity contribution < 1.29 is 27.5 Å². The number of nitrogens with one attached hydrogen (secondary N) is 1. The number of rotatable bonds is 9. The molecule has 0 unspecified atom stereocenters. The minimum Gasteiger partial charge on any atom is -0.482 e. The van der Waals surface area contributed by atoms with Crippen LogP contribution in [0.15, 0.2) is 23.1 Å². The number of amides is 2. The molecule has 1 aliphatic rings. The molecule has 2 rings (SSSR count). The summed E-state index contributed by atoms with van der Waals surface area (Å²) in [6.45, 7) is 1.02. The molecule has 9 nitrogen and oxygen atoms in total. The lowest BCUT2D eigenvalue weighted by Crippen LogP contribution is -2.43. The summed E-state index contributed by atoms with van der Waals surface area (Å²) in [4.78, 5) is 25.0. The van der Waals surface area contributed by atoms with Crippen molar-refractivity contribution in [2.24, 2.45) is 11.7 Å². The van der Waals surface area contributed by atoms with Crippen molar-refractivity contribution in [2.45, 2.75) is 17.7 Å². The molecule has 0 radical (unpaired) electrons. The Kier molecular flexibility index (Phi) is 8.05. The number of benzene rings is 1. The maximum Gasteiger partial charge on any atom is 0.260 e. The fraction of sp³-hybridized carbons (Fsp3) is 0.529. The van der Waals surface area contributed by atoms with E-state index in [0.717, 1.165) is 0 Å². The van der Waals surface area contributed by atoms with Crippen LogP contribution in [0.5, 0.6) is 5.75 Å². The van der Waals surface area contributed by atoms with Gasteiger partial charge in [0.05, 0.1) is 16.5 Å². The second-order valence-corrected chi connectivity index (χ2v) is 8.50. The van der Waals surface area contributed by atoms with E-state index in [4.69, 9.17) is 26.8 Å². The number of methoxy groups -OCH3 is 1. The predicted octanol–water partition coefficient (Wildman–Crippen LogP) is 0.367. The van der Waals surface area contributed by atoms with E-state index in [9.17, 15) is 18.0 Å². The van der Waals surface area contributed by atoms with Crippen molar-refractivity contribution in [2.75, 3.05) is 40.0 Å². The molecule has 156 valence electrons. The third-order valence-electron chi connectivity index (χ3n) is 4.41. The van der Waals surface area contributed by atoms with Crippen LogP contribution in [0.1, 0.15) is 12.8 Å². The first-order valence-corrected chi connectivity index (χ1v) is 10.6. The van der Waals surface area contributed by atoms with Gasteiger partial charge in [0.2, 0.25) is 15.9 Å². The number of hydrogen-bond donors (Lipinski definition) is 2. The topological polar surface area (TPSA) is 128 Å². The number of carbonyl (C=O) groups is 2. The molecule has 1 aromatic carbocycles. The van der Waals surface area contributed by atoms with Gasteiger partial charge in [-0.1, -0.05) is 11.6 Å². The predicted molar refractivity (Wildman–Crippen MR) is 103 cm³/mol. The molecule has 0 saturated carbocycles. The first kappa shape index (κ1) is 22.4. The zero-order valence-electron chi connectivity index (χ0n) is 15.5. The first-order valence-electron chi connectivity index (χ1n) is 8.72. The Morgan fingerprint density at radius 1 is 1.32 bits per heavy atom. The number of piperidine rings is 1. The third-order valence-corrected chi connectivity index (χ3v) is 6.17. The Bertz CT molecular complexity index is 809. The van der Waals surface area contributed by atoms with E-state index >= 15 is 0 Å². The van der Waals surface area contributed by atoms with Gasteiger partial charge in [-0.15, -0.1) is 0 Å². The molecule has 1 fully saturated rings. The van der Waals surface area contributed by atoms with Crippen LogP contribution in [0.4, 0.5) is 0 Å². The number of carbonyl (C=O) groups excluding carboxylic acids is 2. The smallest absolute Gasteiger partial charge is 0.260 e. The fourth-order valence-corrected chi connectivity index (χ4v) is 4.11. The molecular formula is C17H24ClN3O6S. The van der Waals surface area contributed by atoms with Crippen LogP contribution in [-0.4, -0.2) is 65.1 Å². The molecule has 0 bridgehead atoms.